The number of likely N-dealkylation sites (tertiary alicyclic amines) is 1. The molecule has 0 radical (unpaired) electrons. The van der Waals surface area contributed by atoms with Crippen LogP contribution in [0, 0.1) is 13.1 Å². The molecule has 0 unspecified atom stereocenters. The molecule has 3 amide bonds. The van der Waals surface area contributed by atoms with Gasteiger partial charge in [0.2, 0.25) is 11.8 Å². The average molecular weight is 532 g/mol. The van der Waals surface area contributed by atoms with Crippen LogP contribution in [0.5, 0.6) is 0 Å². The van der Waals surface area contributed by atoms with E-state index in [0.29, 0.717) is 25.1 Å². The molecular weight excluding hydrogens is 494 g/mol. The molecule has 9 nitrogen and oxygen atoms in total. The van der Waals surface area contributed by atoms with Crippen LogP contribution >= 0.6 is 0 Å². The first-order valence-electron chi connectivity index (χ1n) is 14.0. The van der Waals surface area contributed by atoms with Crippen molar-refractivity contribution in [2.45, 2.75) is 113 Å². The second-order valence-electron chi connectivity index (χ2n) is 12.4. The summed E-state index contributed by atoms with van der Waals surface area (Å²) in [6.45, 7) is 21.2. The fourth-order valence-corrected chi connectivity index (χ4v) is 6.88. The number of carbonyl (C=O) groups excluding carboxylic acids is 3. The van der Waals surface area contributed by atoms with Gasteiger partial charge >= 0.3 is 6.09 Å². The van der Waals surface area contributed by atoms with Crippen LogP contribution in [0.1, 0.15) is 83.6 Å². The van der Waals surface area contributed by atoms with E-state index in [0.717, 1.165) is 44.1 Å². The maximum Gasteiger partial charge on any atom is 0.408 e. The normalized spacial score (nSPS) is 29.6. The Bertz CT molecular complexity index is 1240. The van der Waals surface area contributed by atoms with Crippen LogP contribution < -0.4 is 5.32 Å². The number of carbonyl (C=O) groups is 3. The Morgan fingerprint density at radius 3 is 2.51 bits per heavy atom. The molecule has 3 saturated heterocycles. The highest BCUT2D eigenvalue weighted by Gasteiger charge is 2.68. The van der Waals surface area contributed by atoms with Crippen molar-refractivity contribution in [2.75, 3.05) is 6.54 Å². The van der Waals surface area contributed by atoms with Crippen LogP contribution in [0.25, 0.3) is 9.69 Å². The lowest BCUT2D eigenvalue weighted by molar-refractivity contribution is -0.148. The maximum absolute atomic E-state index is 14.2. The Balaban J connectivity index is 1.39. The van der Waals surface area contributed by atoms with Gasteiger partial charge in [0.05, 0.1) is 12.5 Å². The summed E-state index contributed by atoms with van der Waals surface area (Å²) in [6, 6.07) is 5.64. The molecular formula is C30H37N5O4. The third kappa shape index (κ3) is 5.07. The molecule has 3 heterocycles. The van der Waals surface area contributed by atoms with Crippen molar-refractivity contribution in [2.24, 2.45) is 0 Å². The Kier molecular flexibility index (Phi) is 7.05. The van der Waals surface area contributed by atoms with Gasteiger partial charge in [-0.1, -0.05) is 37.1 Å². The summed E-state index contributed by atoms with van der Waals surface area (Å²) in [4.78, 5) is 51.9. The van der Waals surface area contributed by atoms with Crippen LogP contribution in [0.4, 0.5) is 10.5 Å². The van der Waals surface area contributed by atoms with Crippen molar-refractivity contribution >= 4 is 23.6 Å². The second kappa shape index (κ2) is 10.2. The van der Waals surface area contributed by atoms with E-state index in [9.17, 15) is 14.4 Å². The van der Waals surface area contributed by atoms with Crippen LogP contribution in [0.2, 0.25) is 0 Å². The van der Waals surface area contributed by atoms with Crippen molar-refractivity contribution in [3.8, 4) is 0 Å². The number of benzene rings is 1. The third-order valence-electron chi connectivity index (χ3n) is 8.75. The van der Waals surface area contributed by atoms with Crippen molar-refractivity contribution in [3.63, 3.8) is 0 Å². The standard InChI is InChI=1S/C30H37N5O4/c1-29(2,3)39-28(38)33-23-12-7-6-11-21-13-14-24(35(21)26(23)36)27(37)34-18-22(25(32-5)30(34)15-16-30)19-9-8-10-20(17-19)31-4/h8-10,17,21-25H,6-7,11-16,18H2,1-3H3,(H,33,38)/t21-,22+,23-,24-,25+/m0/s1. The molecule has 1 aromatic rings. The molecule has 4 aliphatic rings. The Hall–Kier alpha value is -3.59. The molecule has 0 aromatic heterocycles. The lowest BCUT2D eigenvalue weighted by atomic mass is 9.90. The van der Waals surface area contributed by atoms with Gasteiger partial charge in [-0.15, -0.1) is 0 Å². The summed E-state index contributed by atoms with van der Waals surface area (Å²) < 4.78 is 5.42. The first-order chi connectivity index (χ1) is 18.6. The van der Waals surface area contributed by atoms with E-state index in [2.05, 4.69) is 15.0 Å². The fourth-order valence-electron chi connectivity index (χ4n) is 6.88. The number of amides is 3. The van der Waals surface area contributed by atoms with E-state index in [1.165, 1.54) is 0 Å². The van der Waals surface area contributed by atoms with E-state index >= 15 is 0 Å². The van der Waals surface area contributed by atoms with E-state index < -0.39 is 29.3 Å². The molecule has 5 atom stereocenters. The Labute approximate surface area is 230 Å². The van der Waals surface area contributed by atoms with Gasteiger partial charge in [0.15, 0.2) is 5.69 Å². The summed E-state index contributed by atoms with van der Waals surface area (Å²) in [7, 11) is 0. The van der Waals surface area contributed by atoms with E-state index in [1.54, 1.807) is 31.7 Å². The number of hydrogen-bond acceptors (Lipinski definition) is 4. The fraction of sp³-hybridized carbons (Fsp3) is 0.633. The molecule has 1 aliphatic carbocycles. The monoisotopic (exact) mass is 531 g/mol. The van der Waals surface area contributed by atoms with Crippen LogP contribution in [-0.4, -0.2) is 69.6 Å². The minimum absolute atomic E-state index is 0.0322. The molecule has 1 spiro atoms. The largest absolute Gasteiger partial charge is 0.444 e. The first-order valence-corrected chi connectivity index (χ1v) is 14.0. The van der Waals surface area contributed by atoms with Gasteiger partial charge in [-0.05, 0) is 64.9 Å². The lowest BCUT2D eigenvalue weighted by Crippen LogP contribution is -2.58. The molecule has 4 fully saturated rings. The average Bonchev–Trinajstić information content (AvgIpc) is 3.45. The summed E-state index contributed by atoms with van der Waals surface area (Å²) in [6.07, 6.45) is 5.37. The minimum Gasteiger partial charge on any atom is -0.444 e. The number of nitrogens with zero attached hydrogens (tertiary/aromatic N) is 4. The van der Waals surface area contributed by atoms with Crippen molar-refractivity contribution < 1.29 is 19.1 Å². The molecule has 9 heteroatoms. The Morgan fingerprint density at radius 1 is 1.10 bits per heavy atom. The van der Waals surface area contributed by atoms with E-state index in [4.69, 9.17) is 17.9 Å². The van der Waals surface area contributed by atoms with Gasteiger partial charge < -0.3 is 24.7 Å². The third-order valence-corrected chi connectivity index (χ3v) is 8.75. The zero-order valence-corrected chi connectivity index (χ0v) is 23.0. The number of fused-ring (bicyclic) bond motifs is 1. The Morgan fingerprint density at radius 2 is 1.85 bits per heavy atom. The van der Waals surface area contributed by atoms with Gasteiger partial charge in [-0.25, -0.2) is 16.2 Å². The molecule has 206 valence electrons. The van der Waals surface area contributed by atoms with Crippen LogP contribution in [0.3, 0.4) is 0 Å². The zero-order chi connectivity index (χ0) is 27.9. The number of nitrogens with one attached hydrogen (secondary N) is 1. The highest BCUT2D eigenvalue weighted by atomic mass is 16.6. The quantitative estimate of drug-likeness (QED) is 0.567. The van der Waals surface area contributed by atoms with Crippen molar-refractivity contribution in [1.29, 1.82) is 0 Å². The van der Waals surface area contributed by atoms with Crippen LogP contribution in [-0.2, 0) is 14.3 Å². The highest BCUT2D eigenvalue weighted by molar-refractivity contribution is 5.93. The summed E-state index contributed by atoms with van der Waals surface area (Å²) >= 11 is 0. The van der Waals surface area contributed by atoms with E-state index in [1.807, 2.05) is 23.1 Å². The summed E-state index contributed by atoms with van der Waals surface area (Å²) in [5.41, 5.74) is 0.260. The SMILES string of the molecule is [C-]#[N+]c1cccc([C@H]2CN(C(=O)[C@@H]3CC[C@@H]4CCCC[C@H](NC(=O)OC(C)(C)C)C(=O)N43)C3(CC3)[C@@H]2[N+]#[C-])c1. The number of alkyl carbamates (subject to hydrolysis) is 1. The van der Waals surface area contributed by atoms with Gasteiger partial charge in [0.25, 0.3) is 6.04 Å². The summed E-state index contributed by atoms with van der Waals surface area (Å²) in [5, 5.41) is 2.78. The highest BCUT2D eigenvalue weighted by Crippen LogP contribution is 2.56. The molecule has 1 saturated carbocycles. The predicted molar refractivity (Wildman–Crippen MR) is 145 cm³/mol. The second-order valence-corrected chi connectivity index (χ2v) is 12.4. The molecule has 5 rings (SSSR count). The lowest BCUT2D eigenvalue weighted by Gasteiger charge is -2.37. The van der Waals surface area contributed by atoms with Crippen LogP contribution in [0.15, 0.2) is 24.3 Å². The molecule has 0 bridgehead atoms. The first kappa shape index (κ1) is 27.0. The molecule has 39 heavy (non-hydrogen) atoms. The van der Waals surface area contributed by atoms with Crippen molar-refractivity contribution in [3.05, 3.63) is 52.7 Å². The predicted octanol–water partition coefficient (Wildman–Crippen LogP) is 4.81. The van der Waals surface area contributed by atoms with Gasteiger partial charge in [0, 0.05) is 12.6 Å². The van der Waals surface area contributed by atoms with Gasteiger partial charge in [-0.2, -0.15) is 0 Å². The van der Waals surface area contributed by atoms with E-state index in [-0.39, 0.29) is 29.8 Å². The zero-order valence-electron chi connectivity index (χ0n) is 23.0. The number of hydrogen-bond donors (Lipinski definition) is 1. The minimum atomic E-state index is -0.732. The molecule has 1 aromatic carbocycles. The molecule has 3 aliphatic heterocycles. The number of ether oxygens (including phenoxy) is 1. The topological polar surface area (TPSA) is 87.7 Å². The maximum atomic E-state index is 14.2. The van der Waals surface area contributed by atoms with Gasteiger partial charge in [-0.3, -0.25) is 9.59 Å². The van der Waals surface area contributed by atoms with Crippen molar-refractivity contribution in [1.82, 2.24) is 15.1 Å². The number of rotatable bonds is 3. The summed E-state index contributed by atoms with van der Waals surface area (Å²) in [5.74, 6) is -0.469. The molecule has 1 N–H and O–H groups in total. The van der Waals surface area contributed by atoms with Gasteiger partial charge in [0.1, 0.15) is 23.2 Å². The smallest absolute Gasteiger partial charge is 0.408 e.